The Morgan fingerprint density at radius 1 is 1.30 bits per heavy atom. The minimum atomic E-state index is -0.0712. The summed E-state index contributed by atoms with van der Waals surface area (Å²) in [6.45, 7) is 15.7. The normalized spacial score (nSPS) is 24.0. The Balaban J connectivity index is 1.96. The van der Waals surface area contributed by atoms with Crippen molar-refractivity contribution >= 4 is 5.91 Å². The molecule has 1 amide bonds. The number of hydrogen-bond acceptors (Lipinski definition) is 4. The first-order valence-corrected chi connectivity index (χ1v) is 8.77. The molecule has 1 fully saturated rings. The van der Waals surface area contributed by atoms with E-state index in [-0.39, 0.29) is 17.9 Å². The van der Waals surface area contributed by atoms with E-state index in [4.69, 9.17) is 4.52 Å². The van der Waals surface area contributed by atoms with E-state index >= 15 is 0 Å². The average Bonchev–Trinajstić information content (AvgIpc) is 2.79. The van der Waals surface area contributed by atoms with E-state index in [0.717, 1.165) is 31.5 Å². The molecule has 1 saturated heterocycles. The Bertz CT molecular complexity index is 528. The molecule has 2 rings (SSSR count). The highest BCUT2D eigenvalue weighted by Gasteiger charge is 2.26. The van der Waals surface area contributed by atoms with Gasteiger partial charge in [-0.3, -0.25) is 4.79 Å². The van der Waals surface area contributed by atoms with Crippen LogP contribution >= 0.6 is 0 Å². The smallest absolute Gasteiger partial charge is 0.257 e. The van der Waals surface area contributed by atoms with Crippen molar-refractivity contribution < 1.29 is 9.32 Å². The number of carbonyl (C=O) groups is 1. The molecule has 23 heavy (non-hydrogen) atoms. The van der Waals surface area contributed by atoms with E-state index < -0.39 is 0 Å². The van der Waals surface area contributed by atoms with Gasteiger partial charge in [0.25, 0.3) is 5.91 Å². The third-order valence-corrected chi connectivity index (χ3v) is 4.49. The van der Waals surface area contributed by atoms with Gasteiger partial charge >= 0.3 is 0 Å². The molecule has 5 nitrogen and oxygen atoms in total. The Morgan fingerprint density at radius 3 is 2.48 bits per heavy atom. The molecule has 3 atom stereocenters. The van der Waals surface area contributed by atoms with Gasteiger partial charge in [0.1, 0.15) is 5.56 Å². The first kappa shape index (κ1) is 18.0. The summed E-state index contributed by atoms with van der Waals surface area (Å²) in [5.41, 5.74) is 1.27. The molecular formula is C18H31N3O2. The topological polar surface area (TPSA) is 58.4 Å². The van der Waals surface area contributed by atoms with Crippen LogP contribution in [0.15, 0.2) is 4.52 Å². The summed E-state index contributed by atoms with van der Waals surface area (Å²) in [7, 11) is 0. The van der Waals surface area contributed by atoms with Gasteiger partial charge in [0.05, 0.1) is 5.69 Å². The van der Waals surface area contributed by atoms with Gasteiger partial charge in [0.15, 0.2) is 5.76 Å². The molecule has 1 aromatic rings. The van der Waals surface area contributed by atoms with Crippen LogP contribution in [-0.4, -0.2) is 41.6 Å². The predicted octanol–water partition coefficient (Wildman–Crippen LogP) is 3.20. The number of likely N-dealkylation sites (tertiary alicyclic amines) is 1. The molecule has 1 aliphatic rings. The summed E-state index contributed by atoms with van der Waals surface area (Å²) in [4.78, 5) is 15.1. The lowest BCUT2D eigenvalue weighted by Crippen LogP contribution is -2.47. The zero-order valence-electron chi connectivity index (χ0n) is 15.3. The summed E-state index contributed by atoms with van der Waals surface area (Å²) in [5, 5.41) is 7.07. The molecule has 1 aromatic heterocycles. The highest BCUT2D eigenvalue weighted by Crippen LogP contribution is 2.23. The second-order valence-corrected chi connectivity index (χ2v) is 7.70. The van der Waals surface area contributed by atoms with Crippen molar-refractivity contribution in [2.24, 2.45) is 11.8 Å². The van der Waals surface area contributed by atoms with E-state index in [1.165, 1.54) is 6.42 Å². The van der Waals surface area contributed by atoms with Gasteiger partial charge in [-0.15, -0.1) is 0 Å². The van der Waals surface area contributed by atoms with Crippen LogP contribution in [0.1, 0.15) is 68.8 Å². The summed E-state index contributed by atoms with van der Waals surface area (Å²) in [6, 6.07) is 0.106. The SMILES string of the molecule is Cc1noc(C(C)C)c1C(=O)N[C@H](C)CN1C[C@@H](C)C[C@H](C)C1. The summed E-state index contributed by atoms with van der Waals surface area (Å²) < 4.78 is 5.32. The van der Waals surface area contributed by atoms with Gasteiger partial charge in [-0.1, -0.05) is 32.9 Å². The molecule has 0 bridgehead atoms. The minimum absolute atomic E-state index is 0.0712. The van der Waals surface area contributed by atoms with Crippen LogP contribution in [0.2, 0.25) is 0 Å². The fourth-order valence-corrected chi connectivity index (χ4v) is 3.73. The number of amides is 1. The number of carbonyl (C=O) groups excluding carboxylic acids is 1. The quantitative estimate of drug-likeness (QED) is 0.905. The van der Waals surface area contributed by atoms with Crippen molar-refractivity contribution in [2.45, 2.75) is 59.9 Å². The molecule has 5 heteroatoms. The predicted molar refractivity (Wildman–Crippen MR) is 91.6 cm³/mol. The molecule has 0 radical (unpaired) electrons. The maximum Gasteiger partial charge on any atom is 0.257 e. The second-order valence-electron chi connectivity index (χ2n) is 7.70. The van der Waals surface area contributed by atoms with Crippen molar-refractivity contribution in [3.05, 3.63) is 17.0 Å². The minimum Gasteiger partial charge on any atom is -0.360 e. The highest BCUT2D eigenvalue weighted by molar-refractivity contribution is 5.96. The van der Waals surface area contributed by atoms with Crippen molar-refractivity contribution in [2.75, 3.05) is 19.6 Å². The highest BCUT2D eigenvalue weighted by atomic mass is 16.5. The molecule has 2 heterocycles. The monoisotopic (exact) mass is 321 g/mol. The van der Waals surface area contributed by atoms with Gasteiger partial charge in [-0.25, -0.2) is 0 Å². The van der Waals surface area contributed by atoms with E-state index in [1.54, 1.807) is 0 Å². The maximum absolute atomic E-state index is 12.6. The van der Waals surface area contributed by atoms with Gasteiger partial charge in [-0.05, 0) is 32.1 Å². The molecule has 0 saturated carbocycles. The van der Waals surface area contributed by atoms with Crippen LogP contribution in [0.5, 0.6) is 0 Å². The summed E-state index contributed by atoms with van der Waals surface area (Å²) in [6.07, 6.45) is 1.30. The van der Waals surface area contributed by atoms with Crippen LogP contribution < -0.4 is 5.32 Å². The van der Waals surface area contributed by atoms with Gasteiger partial charge in [0, 0.05) is 31.6 Å². The van der Waals surface area contributed by atoms with Crippen LogP contribution in [0.3, 0.4) is 0 Å². The van der Waals surface area contributed by atoms with Gasteiger partial charge in [-0.2, -0.15) is 0 Å². The Morgan fingerprint density at radius 2 is 1.91 bits per heavy atom. The van der Waals surface area contributed by atoms with Crippen molar-refractivity contribution in [3.8, 4) is 0 Å². The van der Waals surface area contributed by atoms with Crippen LogP contribution in [0, 0.1) is 18.8 Å². The zero-order chi connectivity index (χ0) is 17.1. The number of aromatic nitrogens is 1. The Kier molecular flexibility index (Phi) is 5.84. The van der Waals surface area contributed by atoms with Gasteiger partial charge < -0.3 is 14.7 Å². The molecule has 1 aliphatic heterocycles. The number of rotatable bonds is 5. The lowest BCUT2D eigenvalue weighted by atomic mass is 9.91. The Labute approximate surface area is 139 Å². The molecule has 0 spiro atoms. The van der Waals surface area contributed by atoms with Crippen LogP contribution in [-0.2, 0) is 0 Å². The average molecular weight is 321 g/mol. The van der Waals surface area contributed by atoms with Crippen molar-refractivity contribution in [3.63, 3.8) is 0 Å². The van der Waals surface area contributed by atoms with E-state index in [9.17, 15) is 4.79 Å². The number of nitrogens with zero attached hydrogens (tertiary/aromatic N) is 2. The lowest BCUT2D eigenvalue weighted by Gasteiger charge is -2.36. The summed E-state index contributed by atoms with van der Waals surface area (Å²) >= 11 is 0. The standard InChI is InChI=1S/C18H31N3O2/c1-11(2)17-16(15(6)20-23-17)18(22)19-14(5)10-21-8-12(3)7-13(4)9-21/h11-14H,7-10H2,1-6H3,(H,19,22)/t12-,13-,14+/m0/s1. The van der Waals surface area contributed by atoms with Gasteiger partial charge in [0.2, 0.25) is 0 Å². The molecule has 0 unspecified atom stereocenters. The number of aryl methyl sites for hydroxylation is 1. The van der Waals surface area contributed by atoms with Crippen LogP contribution in [0.4, 0.5) is 0 Å². The first-order valence-electron chi connectivity index (χ1n) is 8.77. The fourth-order valence-electron chi connectivity index (χ4n) is 3.73. The Hall–Kier alpha value is -1.36. The fraction of sp³-hybridized carbons (Fsp3) is 0.778. The number of piperidine rings is 1. The summed E-state index contributed by atoms with van der Waals surface area (Å²) in [5.74, 6) is 2.21. The molecule has 0 aliphatic carbocycles. The second kappa shape index (κ2) is 7.47. The number of hydrogen-bond donors (Lipinski definition) is 1. The van der Waals surface area contributed by atoms with E-state index in [1.807, 2.05) is 20.8 Å². The third-order valence-electron chi connectivity index (χ3n) is 4.49. The third kappa shape index (κ3) is 4.56. The molecule has 1 N–H and O–H groups in total. The largest absolute Gasteiger partial charge is 0.360 e. The van der Waals surface area contributed by atoms with E-state index in [2.05, 4.69) is 36.1 Å². The molecular weight excluding hydrogens is 290 g/mol. The molecule has 0 aromatic carbocycles. The zero-order valence-corrected chi connectivity index (χ0v) is 15.3. The van der Waals surface area contributed by atoms with Crippen LogP contribution in [0.25, 0.3) is 0 Å². The van der Waals surface area contributed by atoms with E-state index in [0.29, 0.717) is 17.0 Å². The van der Waals surface area contributed by atoms with Crippen molar-refractivity contribution in [1.29, 1.82) is 0 Å². The first-order chi connectivity index (χ1) is 10.8. The van der Waals surface area contributed by atoms with Crippen molar-refractivity contribution in [1.82, 2.24) is 15.4 Å². The molecule has 130 valence electrons. The maximum atomic E-state index is 12.6. The lowest BCUT2D eigenvalue weighted by molar-refractivity contribution is 0.0902. The number of nitrogens with one attached hydrogen (secondary N) is 1.